The Balaban J connectivity index is 1.35. The summed E-state index contributed by atoms with van der Waals surface area (Å²) in [6.07, 6.45) is 4.12. The molecule has 32 heavy (non-hydrogen) atoms. The number of likely N-dealkylation sites (tertiary alicyclic amines) is 1. The summed E-state index contributed by atoms with van der Waals surface area (Å²) in [5, 5.41) is 18.1. The number of carbonyl (C=O) groups is 4. The second-order valence-electron chi connectivity index (χ2n) is 7.68. The van der Waals surface area contributed by atoms with E-state index in [-0.39, 0.29) is 23.1 Å². The van der Waals surface area contributed by atoms with Crippen molar-refractivity contribution in [1.82, 2.24) is 24.9 Å². The molecule has 0 unspecified atom stereocenters. The third-order valence-electron chi connectivity index (χ3n) is 5.62. The van der Waals surface area contributed by atoms with E-state index in [0.717, 1.165) is 11.0 Å². The maximum Gasteiger partial charge on any atom is 0.282 e. The third-order valence-corrected chi connectivity index (χ3v) is 5.62. The number of aryl methyl sites for hydroxylation is 1. The Morgan fingerprint density at radius 1 is 1.22 bits per heavy atom. The minimum absolute atomic E-state index is 0.0752. The predicted octanol–water partition coefficient (Wildman–Crippen LogP) is 0.345. The van der Waals surface area contributed by atoms with Crippen molar-refractivity contribution in [1.29, 1.82) is 0 Å². The SMILES string of the molecule is Cn1cc(C(=O)NC2CCN(C(=O)CN3C(=O)c4cccc([N+](=O)[O-])c4C3=O)CC2)cn1. The number of piperidine rings is 1. The largest absolute Gasteiger partial charge is 0.349 e. The third kappa shape index (κ3) is 3.82. The summed E-state index contributed by atoms with van der Waals surface area (Å²) in [6, 6.07) is 3.70. The van der Waals surface area contributed by atoms with Crippen LogP contribution in [0.15, 0.2) is 30.6 Å². The molecule has 0 atom stereocenters. The second-order valence-corrected chi connectivity index (χ2v) is 7.68. The molecule has 2 aromatic rings. The topological polar surface area (TPSA) is 148 Å². The summed E-state index contributed by atoms with van der Waals surface area (Å²) < 4.78 is 1.53. The van der Waals surface area contributed by atoms with Gasteiger partial charge in [-0.1, -0.05) is 6.07 Å². The van der Waals surface area contributed by atoms with Gasteiger partial charge in [0, 0.05) is 38.4 Å². The quantitative estimate of drug-likeness (QED) is 0.401. The monoisotopic (exact) mass is 440 g/mol. The van der Waals surface area contributed by atoms with Gasteiger partial charge in [-0.25, -0.2) is 0 Å². The molecule has 1 aromatic carbocycles. The maximum atomic E-state index is 12.7. The number of benzene rings is 1. The second kappa shape index (κ2) is 8.21. The van der Waals surface area contributed by atoms with E-state index in [1.165, 1.54) is 27.9 Å². The van der Waals surface area contributed by atoms with Crippen molar-refractivity contribution < 1.29 is 24.1 Å². The number of nitro benzene ring substituents is 1. The van der Waals surface area contributed by atoms with E-state index >= 15 is 0 Å². The Kier molecular flexibility index (Phi) is 5.43. The van der Waals surface area contributed by atoms with Crippen LogP contribution in [-0.2, 0) is 11.8 Å². The summed E-state index contributed by atoms with van der Waals surface area (Å²) in [7, 11) is 1.72. The lowest BCUT2D eigenvalue weighted by molar-refractivity contribution is -0.385. The average molecular weight is 440 g/mol. The van der Waals surface area contributed by atoms with Crippen molar-refractivity contribution in [2.45, 2.75) is 18.9 Å². The van der Waals surface area contributed by atoms with Crippen molar-refractivity contribution in [2.75, 3.05) is 19.6 Å². The molecule has 2 aliphatic heterocycles. The van der Waals surface area contributed by atoms with Crippen LogP contribution < -0.4 is 5.32 Å². The molecule has 0 radical (unpaired) electrons. The molecule has 1 saturated heterocycles. The summed E-state index contributed by atoms with van der Waals surface area (Å²) >= 11 is 0. The zero-order valence-electron chi connectivity index (χ0n) is 17.2. The van der Waals surface area contributed by atoms with Gasteiger partial charge < -0.3 is 10.2 Å². The number of nitro groups is 1. The number of fused-ring (bicyclic) bond motifs is 1. The minimum atomic E-state index is -0.843. The lowest BCUT2D eigenvalue weighted by Crippen LogP contribution is -2.49. The van der Waals surface area contributed by atoms with Crippen LogP contribution in [0.1, 0.15) is 43.9 Å². The van der Waals surface area contributed by atoms with Crippen LogP contribution in [0, 0.1) is 10.1 Å². The highest BCUT2D eigenvalue weighted by molar-refractivity contribution is 6.24. The van der Waals surface area contributed by atoms with Crippen molar-refractivity contribution in [3.05, 3.63) is 57.4 Å². The molecular formula is C20H20N6O6. The molecule has 0 saturated carbocycles. The molecule has 4 amide bonds. The van der Waals surface area contributed by atoms with Crippen molar-refractivity contribution in [3.8, 4) is 0 Å². The molecule has 1 fully saturated rings. The Morgan fingerprint density at radius 3 is 2.56 bits per heavy atom. The van der Waals surface area contributed by atoms with E-state index in [1.54, 1.807) is 13.2 Å². The van der Waals surface area contributed by atoms with Crippen LogP contribution in [0.3, 0.4) is 0 Å². The minimum Gasteiger partial charge on any atom is -0.349 e. The van der Waals surface area contributed by atoms with Gasteiger partial charge in [0.2, 0.25) is 5.91 Å². The smallest absolute Gasteiger partial charge is 0.282 e. The fourth-order valence-electron chi connectivity index (χ4n) is 3.93. The number of hydrogen-bond acceptors (Lipinski definition) is 7. The van der Waals surface area contributed by atoms with E-state index in [9.17, 15) is 29.3 Å². The van der Waals surface area contributed by atoms with Gasteiger partial charge in [0.05, 0.1) is 22.2 Å². The van der Waals surface area contributed by atoms with Gasteiger partial charge in [-0.05, 0) is 18.9 Å². The Morgan fingerprint density at radius 2 is 1.94 bits per heavy atom. The van der Waals surface area contributed by atoms with E-state index in [2.05, 4.69) is 10.4 Å². The standard InChI is InChI=1S/C20H20N6O6/c1-23-10-12(9-21-23)18(28)22-13-5-7-24(8-6-13)16(27)11-25-19(29)14-3-2-4-15(26(31)32)17(14)20(25)30/h2-4,9-10,13H,5-8,11H2,1H3,(H,22,28). The fraction of sp³-hybridized carbons (Fsp3) is 0.350. The first-order chi connectivity index (χ1) is 15.3. The fourth-order valence-corrected chi connectivity index (χ4v) is 3.93. The van der Waals surface area contributed by atoms with Crippen LogP contribution in [-0.4, -0.2) is 73.8 Å². The van der Waals surface area contributed by atoms with Gasteiger partial charge >= 0.3 is 0 Å². The molecule has 3 heterocycles. The molecule has 12 heteroatoms. The van der Waals surface area contributed by atoms with Crippen molar-refractivity contribution in [2.24, 2.45) is 7.05 Å². The Labute approximate surface area is 181 Å². The molecule has 12 nitrogen and oxygen atoms in total. The molecule has 0 bridgehead atoms. The van der Waals surface area contributed by atoms with Gasteiger partial charge in [0.25, 0.3) is 23.4 Å². The van der Waals surface area contributed by atoms with Gasteiger partial charge in [-0.3, -0.25) is 38.9 Å². The van der Waals surface area contributed by atoms with Gasteiger partial charge in [-0.15, -0.1) is 0 Å². The van der Waals surface area contributed by atoms with Crippen LogP contribution in [0.4, 0.5) is 5.69 Å². The number of nitrogens with zero attached hydrogens (tertiary/aromatic N) is 5. The van der Waals surface area contributed by atoms with Crippen LogP contribution in [0.25, 0.3) is 0 Å². The van der Waals surface area contributed by atoms with Gasteiger partial charge in [-0.2, -0.15) is 5.10 Å². The maximum absolute atomic E-state index is 12.7. The van der Waals surface area contributed by atoms with Crippen molar-refractivity contribution >= 4 is 29.3 Å². The van der Waals surface area contributed by atoms with Crippen LogP contribution >= 0.6 is 0 Å². The number of hydrogen-bond donors (Lipinski definition) is 1. The Hall–Kier alpha value is -4.09. The molecule has 0 spiro atoms. The summed E-state index contributed by atoms with van der Waals surface area (Å²) in [5.41, 5.74) is -0.368. The number of amides is 4. The average Bonchev–Trinajstić information content (AvgIpc) is 3.31. The molecule has 1 N–H and O–H groups in total. The zero-order valence-corrected chi connectivity index (χ0v) is 17.2. The number of nitrogens with one attached hydrogen (secondary N) is 1. The molecule has 4 rings (SSSR count). The van der Waals surface area contributed by atoms with Crippen LogP contribution in [0.2, 0.25) is 0 Å². The lowest BCUT2D eigenvalue weighted by atomic mass is 10.0. The predicted molar refractivity (Wildman–Crippen MR) is 109 cm³/mol. The van der Waals surface area contributed by atoms with Gasteiger partial charge in [0.1, 0.15) is 12.1 Å². The van der Waals surface area contributed by atoms with Gasteiger partial charge in [0.15, 0.2) is 0 Å². The zero-order chi connectivity index (χ0) is 23.0. The number of carbonyl (C=O) groups excluding carboxylic acids is 4. The molecule has 1 aromatic heterocycles. The normalized spacial score (nSPS) is 16.3. The Bertz CT molecular complexity index is 1130. The van der Waals surface area contributed by atoms with Crippen molar-refractivity contribution in [3.63, 3.8) is 0 Å². The van der Waals surface area contributed by atoms with E-state index in [1.807, 2.05) is 0 Å². The highest BCUT2D eigenvalue weighted by Gasteiger charge is 2.42. The number of aromatic nitrogens is 2. The first kappa shape index (κ1) is 21.2. The van der Waals surface area contributed by atoms with Crippen LogP contribution in [0.5, 0.6) is 0 Å². The number of rotatable bonds is 5. The first-order valence-electron chi connectivity index (χ1n) is 9.97. The van der Waals surface area contributed by atoms with E-state index in [0.29, 0.717) is 31.5 Å². The molecule has 166 valence electrons. The molecule has 2 aliphatic rings. The molecular weight excluding hydrogens is 420 g/mol. The summed E-state index contributed by atoms with van der Waals surface area (Å²) in [4.78, 5) is 62.9. The molecule has 0 aliphatic carbocycles. The summed E-state index contributed by atoms with van der Waals surface area (Å²) in [6.45, 7) is 0.205. The number of imide groups is 1. The summed E-state index contributed by atoms with van der Waals surface area (Å²) in [5.74, 6) is -2.24. The van der Waals surface area contributed by atoms with E-state index in [4.69, 9.17) is 0 Å². The lowest BCUT2D eigenvalue weighted by Gasteiger charge is -2.33. The highest BCUT2D eigenvalue weighted by atomic mass is 16.6. The first-order valence-corrected chi connectivity index (χ1v) is 9.97. The highest BCUT2D eigenvalue weighted by Crippen LogP contribution is 2.30. The van der Waals surface area contributed by atoms with E-state index < -0.39 is 34.9 Å².